The summed E-state index contributed by atoms with van der Waals surface area (Å²) < 4.78 is 47.2. The van der Waals surface area contributed by atoms with Crippen molar-refractivity contribution < 1.29 is 16.8 Å². The SMILES string of the molecule is CC(C)C(CCN)NS(=O)(=O)CS(C)(=O)=O. The maximum absolute atomic E-state index is 11.5. The van der Waals surface area contributed by atoms with Gasteiger partial charge < -0.3 is 5.73 Å². The van der Waals surface area contributed by atoms with Crippen LogP contribution in [0.2, 0.25) is 0 Å². The van der Waals surface area contributed by atoms with Gasteiger partial charge in [0.2, 0.25) is 10.0 Å². The highest BCUT2D eigenvalue weighted by atomic mass is 32.3. The number of sulfone groups is 1. The summed E-state index contributed by atoms with van der Waals surface area (Å²) in [5.41, 5.74) is 5.36. The van der Waals surface area contributed by atoms with Crippen LogP contribution < -0.4 is 10.5 Å². The largest absolute Gasteiger partial charge is 0.330 e. The summed E-state index contributed by atoms with van der Waals surface area (Å²) in [4.78, 5) is 0. The monoisotopic (exact) mass is 272 g/mol. The van der Waals surface area contributed by atoms with E-state index in [0.29, 0.717) is 13.0 Å². The molecule has 0 saturated carbocycles. The fourth-order valence-corrected chi connectivity index (χ4v) is 4.63. The van der Waals surface area contributed by atoms with Gasteiger partial charge in [0, 0.05) is 12.3 Å². The van der Waals surface area contributed by atoms with Crippen LogP contribution in [0.5, 0.6) is 0 Å². The lowest BCUT2D eigenvalue weighted by atomic mass is 10.0. The first-order chi connectivity index (χ1) is 7.07. The lowest BCUT2D eigenvalue weighted by Crippen LogP contribution is -2.42. The number of rotatable bonds is 7. The molecule has 3 N–H and O–H groups in total. The van der Waals surface area contributed by atoms with Crippen LogP contribution >= 0.6 is 0 Å². The molecule has 0 fully saturated rings. The van der Waals surface area contributed by atoms with E-state index in [1.165, 1.54) is 0 Å². The lowest BCUT2D eigenvalue weighted by molar-refractivity contribution is 0.429. The van der Waals surface area contributed by atoms with Crippen molar-refractivity contribution >= 4 is 19.9 Å². The van der Waals surface area contributed by atoms with E-state index in [1.807, 2.05) is 13.8 Å². The number of nitrogens with one attached hydrogen (secondary N) is 1. The van der Waals surface area contributed by atoms with Gasteiger partial charge in [-0.05, 0) is 18.9 Å². The molecule has 0 bridgehead atoms. The van der Waals surface area contributed by atoms with Crippen LogP contribution in [0.3, 0.4) is 0 Å². The summed E-state index contributed by atoms with van der Waals surface area (Å²) in [5, 5.41) is -0.881. The van der Waals surface area contributed by atoms with Gasteiger partial charge in [-0.25, -0.2) is 21.6 Å². The van der Waals surface area contributed by atoms with E-state index in [2.05, 4.69) is 4.72 Å². The molecule has 0 spiro atoms. The molecule has 0 aromatic rings. The maximum atomic E-state index is 11.5. The predicted octanol–water partition coefficient (Wildman–Crippen LogP) is -0.719. The fraction of sp³-hybridized carbons (Fsp3) is 1.00. The highest BCUT2D eigenvalue weighted by Gasteiger charge is 2.23. The van der Waals surface area contributed by atoms with E-state index < -0.39 is 24.9 Å². The van der Waals surface area contributed by atoms with Gasteiger partial charge in [-0.1, -0.05) is 13.8 Å². The van der Waals surface area contributed by atoms with Crippen molar-refractivity contribution in [3.63, 3.8) is 0 Å². The van der Waals surface area contributed by atoms with Gasteiger partial charge in [-0.2, -0.15) is 0 Å². The first-order valence-corrected chi connectivity index (χ1v) is 8.66. The molecule has 0 heterocycles. The summed E-state index contributed by atoms with van der Waals surface area (Å²) in [6.07, 6.45) is 1.38. The van der Waals surface area contributed by atoms with Crippen molar-refractivity contribution in [2.45, 2.75) is 26.3 Å². The Labute approximate surface area is 97.6 Å². The molecule has 16 heavy (non-hydrogen) atoms. The smallest absolute Gasteiger partial charge is 0.226 e. The molecule has 0 aromatic heterocycles. The normalized spacial score (nSPS) is 15.3. The summed E-state index contributed by atoms with van der Waals surface area (Å²) in [6.45, 7) is 4.05. The Morgan fingerprint density at radius 1 is 1.19 bits per heavy atom. The second-order valence-electron chi connectivity index (χ2n) is 4.20. The minimum atomic E-state index is -3.80. The first kappa shape index (κ1) is 15.8. The average molecular weight is 272 g/mol. The molecule has 0 aromatic carbocycles. The molecule has 0 aliphatic heterocycles. The lowest BCUT2D eigenvalue weighted by Gasteiger charge is -2.21. The Balaban J connectivity index is 4.67. The van der Waals surface area contributed by atoms with Crippen molar-refractivity contribution in [1.29, 1.82) is 0 Å². The number of sulfonamides is 1. The fourth-order valence-electron chi connectivity index (χ4n) is 1.25. The molecule has 98 valence electrons. The van der Waals surface area contributed by atoms with Crippen LogP contribution in [0, 0.1) is 5.92 Å². The van der Waals surface area contributed by atoms with Crippen molar-refractivity contribution in [1.82, 2.24) is 4.72 Å². The summed E-state index contributed by atoms with van der Waals surface area (Å²) >= 11 is 0. The molecule has 0 aliphatic rings. The van der Waals surface area contributed by atoms with E-state index in [-0.39, 0.29) is 12.0 Å². The van der Waals surface area contributed by atoms with E-state index in [0.717, 1.165) is 6.26 Å². The van der Waals surface area contributed by atoms with Crippen LogP contribution in [-0.4, -0.2) is 40.8 Å². The third-order valence-corrected chi connectivity index (χ3v) is 5.60. The van der Waals surface area contributed by atoms with Gasteiger partial charge in [0.1, 0.15) is 0 Å². The van der Waals surface area contributed by atoms with Gasteiger partial charge >= 0.3 is 0 Å². The van der Waals surface area contributed by atoms with Gasteiger partial charge in [0.15, 0.2) is 14.9 Å². The molecule has 1 atom stereocenters. The Bertz CT molecular complexity index is 400. The molecule has 0 radical (unpaired) electrons. The Hall–Kier alpha value is -0.180. The molecule has 0 aliphatic carbocycles. The molecule has 0 amide bonds. The van der Waals surface area contributed by atoms with Crippen LogP contribution in [0.1, 0.15) is 20.3 Å². The summed E-state index contributed by atoms with van der Waals surface area (Å²) in [5.74, 6) is 0.0675. The molecule has 0 rings (SSSR count). The number of nitrogens with two attached hydrogens (primary N) is 1. The van der Waals surface area contributed by atoms with Crippen molar-refractivity contribution in [3.05, 3.63) is 0 Å². The van der Waals surface area contributed by atoms with Crippen molar-refractivity contribution in [2.24, 2.45) is 11.7 Å². The quantitative estimate of drug-likeness (QED) is 0.636. The van der Waals surface area contributed by atoms with E-state index in [1.54, 1.807) is 0 Å². The zero-order valence-corrected chi connectivity index (χ0v) is 11.4. The van der Waals surface area contributed by atoms with Crippen molar-refractivity contribution in [3.8, 4) is 0 Å². The minimum Gasteiger partial charge on any atom is -0.330 e. The van der Waals surface area contributed by atoms with Crippen LogP contribution in [-0.2, 0) is 19.9 Å². The number of hydrogen-bond donors (Lipinski definition) is 2. The second-order valence-corrected chi connectivity index (χ2v) is 8.46. The van der Waals surface area contributed by atoms with Gasteiger partial charge in [0.25, 0.3) is 0 Å². The van der Waals surface area contributed by atoms with Crippen LogP contribution in [0.25, 0.3) is 0 Å². The molecule has 6 nitrogen and oxygen atoms in total. The Morgan fingerprint density at radius 3 is 2.00 bits per heavy atom. The summed E-state index contributed by atoms with van der Waals surface area (Å²) in [6, 6.07) is -0.322. The van der Waals surface area contributed by atoms with Crippen LogP contribution in [0.4, 0.5) is 0 Å². The van der Waals surface area contributed by atoms with Crippen LogP contribution in [0.15, 0.2) is 0 Å². The highest BCUT2D eigenvalue weighted by molar-refractivity contribution is 8.06. The van der Waals surface area contributed by atoms with E-state index in [4.69, 9.17) is 5.73 Å². The molecular formula is C8H20N2O4S2. The predicted molar refractivity (Wildman–Crippen MR) is 64.1 cm³/mol. The maximum Gasteiger partial charge on any atom is 0.226 e. The zero-order valence-electron chi connectivity index (χ0n) is 9.80. The van der Waals surface area contributed by atoms with Crippen molar-refractivity contribution in [2.75, 3.05) is 17.9 Å². The van der Waals surface area contributed by atoms with E-state index in [9.17, 15) is 16.8 Å². The third kappa shape index (κ3) is 7.15. The second kappa shape index (κ2) is 5.95. The van der Waals surface area contributed by atoms with E-state index >= 15 is 0 Å². The molecule has 8 heteroatoms. The van der Waals surface area contributed by atoms with Gasteiger partial charge in [0.05, 0.1) is 0 Å². The zero-order chi connectivity index (χ0) is 13.0. The van der Waals surface area contributed by atoms with Gasteiger partial charge in [-0.15, -0.1) is 0 Å². The van der Waals surface area contributed by atoms with Gasteiger partial charge in [-0.3, -0.25) is 0 Å². The highest BCUT2D eigenvalue weighted by Crippen LogP contribution is 2.07. The molecular weight excluding hydrogens is 252 g/mol. The average Bonchev–Trinajstić information content (AvgIpc) is 1.97. The summed E-state index contributed by atoms with van der Waals surface area (Å²) in [7, 11) is -7.35. The standard InChI is InChI=1S/C8H20N2O4S2/c1-7(2)8(4-5-9)10-16(13,14)6-15(3,11)12/h7-8,10H,4-6,9H2,1-3H3. The third-order valence-electron chi connectivity index (χ3n) is 1.98. The Morgan fingerprint density at radius 2 is 1.69 bits per heavy atom. The molecule has 1 unspecified atom stereocenters. The molecule has 0 saturated heterocycles. The minimum absolute atomic E-state index is 0.0675. The first-order valence-electron chi connectivity index (χ1n) is 4.95. The Kier molecular flexibility index (Phi) is 5.88. The number of hydrogen-bond acceptors (Lipinski definition) is 5. The topological polar surface area (TPSA) is 106 Å².